The summed E-state index contributed by atoms with van der Waals surface area (Å²) < 4.78 is 2.05. The summed E-state index contributed by atoms with van der Waals surface area (Å²) in [5.74, 6) is 0.629. The molecule has 106 valence electrons. The molecule has 0 bridgehead atoms. The Balaban J connectivity index is 1.56. The fraction of sp³-hybridized carbons (Fsp3) is 0.200. The molecule has 0 aromatic carbocycles. The van der Waals surface area contributed by atoms with E-state index in [1.807, 2.05) is 41.4 Å². The van der Waals surface area contributed by atoms with Crippen LogP contribution in [0.15, 0.2) is 55.4 Å². The predicted octanol–water partition coefficient (Wildman–Crippen LogP) is 2.24. The third-order valence-corrected chi connectivity index (χ3v) is 3.02. The highest BCUT2D eigenvalue weighted by Crippen LogP contribution is 2.13. The van der Waals surface area contributed by atoms with E-state index in [0.29, 0.717) is 5.95 Å². The van der Waals surface area contributed by atoms with E-state index in [2.05, 4.69) is 25.3 Å². The van der Waals surface area contributed by atoms with Crippen LogP contribution in [0, 0.1) is 0 Å². The lowest BCUT2D eigenvalue weighted by atomic mass is 10.2. The molecule has 0 aliphatic rings. The Morgan fingerprint density at radius 1 is 1.00 bits per heavy atom. The Kier molecular flexibility index (Phi) is 4.16. The second-order valence-corrected chi connectivity index (χ2v) is 4.56. The van der Waals surface area contributed by atoms with Crippen LogP contribution in [0.1, 0.15) is 6.42 Å². The van der Waals surface area contributed by atoms with E-state index >= 15 is 0 Å². The van der Waals surface area contributed by atoms with Gasteiger partial charge in [-0.25, -0.2) is 15.0 Å². The van der Waals surface area contributed by atoms with Gasteiger partial charge < -0.3 is 9.88 Å². The highest BCUT2D eigenvalue weighted by Gasteiger charge is 2.02. The van der Waals surface area contributed by atoms with Crippen molar-refractivity contribution in [3.63, 3.8) is 0 Å². The maximum Gasteiger partial charge on any atom is 0.223 e. The van der Waals surface area contributed by atoms with Gasteiger partial charge in [0.1, 0.15) is 0 Å². The van der Waals surface area contributed by atoms with Gasteiger partial charge in [0.2, 0.25) is 5.95 Å². The molecule has 6 nitrogen and oxygen atoms in total. The summed E-state index contributed by atoms with van der Waals surface area (Å²) in [6.45, 7) is 1.73. The Labute approximate surface area is 122 Å². The number of imidazole rings is 1. The third-order valence-electron chi connectivity index (χ3n) is 3.02. The average Bonchev–Trinajstić information content (AvgIpc) is 3.06. The molecule has 21 heavy (non-hydrogen) atoms. The van der Waals surface area contributed by atoms with Gasteiger partial charge in [-0.2, -0.15) is 0 Å². The second kappa shape index (κ2) is 6.60. The van der Waals surface area contributed by atoms with Crippen LogP contribution >= 0.6 is 0 Å². The summed E-state index contributed by atoms with van der Waals surface area (Å²) in [7, 11) is 0. The zero-order valence-electron chi connectivity index (χ0n) is 11.6. The molecule has 0 unspecified atom stereocenters. The number of hydrogen-bond donors (Lipinski definition) is 1. The van der Waals surface area contributed by atoms with Crippen LogP contribution in [-0.4, -0.2) is 31.0 Å². The van der Waals surface area contributed by atoms with E-state index in [0.717, 1.165) is 30.9 Å². The van der Waals surface area contributed by atoms with Gasteiger partial charge in [-0.15, -0.1) is 0 Å². The Bertz CT molecular complexity index is 666. The Morgan fingerprint density at radius 2 is 2.00 bits per heavy atom. The molecule has 0 saturated heterocycles. The Morgan fingerprint density at radius 3 is 2.81 bits per heavy atom. The van der Waals surface area contributed by atoms with Gasteiger partial charge in [-0.3, -0.25) is 4.98 Å². The molecular formula is C15H16N6. The molecule has 6 heteroatoms. The van der Waals surface area contributed by atoms with Crippen molar-refractivity contribution in [2.24, 2.45) is 0 Å². The highest BCUT2D eigenvalue weighted by atomic mass is 15.1. The van der Waals surface area contributed by atoms with Gasteiger partial charge in [-0.05, 0) is 24.6 Å². The number of pyridine rings is 1. The van der Waals surface area contributed by atoms with Crippen LogP contribution in [-0.2, 0) is 6.54 Å². The standard InChI is InChI=1S/C15H16N6/c1-2-6-17-13(4-1)14-5-8-19-15(20-14)18-7-3-10-21-11-9-16-12-21/h1-2,4-6,8-9,11-12H,3,7,10H2,(H,18,19,20). The van der Waals surface area contributed by atoms with Crippen LogP contribution in [0.5, 0.6) is 0 Å². The van der Waals surface area contributed by atoms with E-state index in [1.54, 1.807) is 18.6 Å². The van der Waals surface area contributed by atoms with Crippen molar-refractivity contribution in [2.75, 3.05) is 11.9 Å². The van der Waals surface area contributed by atoms with Crippen LogP contribution in [0.3, 0.4) is 0 Å². The largest absolute Gasteiger partial charge is 0.354 e. The van der Waals surface area contributed by atoms with E-state index in [9.17, 15) is 0 Å². The zero-order chi connectivity index (χ0) is 14.3. The summed E-state index contributed by atoms with van der Waals surface area (Å²) in [5.41, 5.74) is 1.67. The topological polar surface area (TPSA) is 68.5 Å². The number of nitrogens with zero attached hydrogens (tertiary/aromatic N) is 5. The molecule has 0 saturated carbocycles. The molecule has 3 heterocycles. The van der Waals surface area contributed by atoms with Crippen LogP contribution < -0.4 is 5.32 Å². The first-order chi connectivity index (χ1) is 10.4. The van der Waals surface area contributed by atoms with Crippen LogP contribution in [0.25, 0.3) is 11.4 Å². The van der Waals surface area contributed by atoms with Crippen molar-refractivity contribution in [1.82, 2.24) is 24.5 Å². The first kappa shape index (κ1) is 13.2. The molecule has 3 aromatic heterocycles. The lowest BCUT2D eigenvalue weighted by Gasteiger charge is -2.06. The van der Waals surface area contributed by atoms with Crippen molar-refractivity contribution >= 4 is 5.95 Å². The number of hydrogen-bond acceptors (Lipinski definition) is 5. The molecule has 3 aromatic rings. The summed E-state index contributed by atoms with van der Waals surface area (Å²) in [4.78, 5) is 17.0. The minimum atomic E-state index is 0.629. The number of aromatic nitrogens is 5. The predicted molar refractivity (Wildman–Crippen MR) is 80.6 cm³/mol. The Hall–Kier alpha value is -2.76. The fourth-order valence-electron chi connectivity index (χ4n) is 1.98. The van der Waals surface area contributed by atoms with E-state index < -0.39 is 0 Å². The minimum Gasteiger partial charge on any atom is -0.354 e. The lowest BCUT2D eigenvalue weighted by Crippen LogP contribution is -2.08. The van der Waals surface area contributed by atoms with Gasteiger partial charge in [0.25, 0.3) is 0 Å². The zero-order valence-corrected chi connectivity index (χ0v) is 11.6. The molecule has 0 atom stereocenters. The smallest absolute Gasteiger partial charge is 0.223 e. The van der Waals surface area contributed by atoms with Crippen molar-refractivity contribution in [3.05, 3.63) is 55.4 Å². The molecule has 1 N–H and O–H groups in total. The number of nitrogens with one attached hydrogen (secondary N) is 1. The monoisotopic (exact) mass is 280 g/mol. The maximum absolute atomic E-state index is 4.47. The first-order valence-corrected chi connectivity index (χ1v) is 6.86. The highest BCUT2D eigenvalue weighted by molar-refractivity contribution is 5.54. The van der Waals surface area contributed by atoms with Crippen LogP contribution in [0.4, 0.5) is 5.95 Å². The molecule has 0 aliphatic heterocycles. The summed E-state index contributed by atoms with van der Waals surface area (Å²) in [6.07, 6.45) is 10.0. The first-order valence-electron chi connectivity index (χ1n) is 6.86. The number of aryl methyl sites for hydroxylation is 1. The van der Waals surface area contributed by atoms with Crippen molar-refractivity contribution in [3.8, 4) is 11.4 Å². The SMILES string of the molecule is c1ccc(-c2ccnc(NCCCn3ccnc3)n2)nc1. The van der Waals surface area contributed by atoms with E-state index in [1.165, 1.54) is 0 Å². The quantitative estimate of drug-likeness (QED) is 0.701. The van der Waals surface area contributed by atoms with Crippen molar-refractivity contribution in [2.45, 2.75) is 13.0 Å². The van der Waals surface area contributed by atoms with Gasteiger partial charge in [0, 0.05) is 37.9 Å². The third kappa shape index (κ3) is 3.62. The minimum absolute atomic E-state index is 0.629. The second-order valence-electron chi connectivity index (χ2n) is 4.56. The number of rotatable bonds is 6. The molecule has 0 radical (unpaired) electrons. The average molecular weight is 280 g/mol. The fourth-order valence-corrected chi connectivity index (χ4v) is 1.98. The summed E-state index contributed by atoms with van der Waals surface area (Å²) >= 11 is 0. The van der Waals surface area contributed by atoms with E-state index in [4.69, 9.17) is 0 Å². The maximum atomic E-state index is 4.47. The molecule has 0 aliphatic carbocycles. The lowest BCUT2D eigenvalue weighted by molar-refractivity contribution is 0.659. The van der Waals surface area contributed by atoms with Gasteiger partial charge in [0.05, 0.1) is 17.7 Å². The van der Waals surface area contributed by atoms with Crippen molar-refractivity contribution in [1.29, 1.82) is 0 Å². The van der Waals surface area contributed by atoms with Crippen LogP contribution in [0.2, 0.25) is 0 Å². The van der Waals surface area contributed by atoms with E-state index in [-0.39, 0.29) is 0 Å². The summed E-state index contributed by atoms with van der Waals surface area (Å²) in [5, 5.41) is 3.23. The molecular weight excluding hydrogens is 264 g/mol. The molecule has 3 rings (SSSR count). The summed E-state index contributed by atoms with van der Waals surface area (Å²) in [6, 6.07) is 7.63. The van der Waals surface area contributed by atoms with Crippen molar-refractivity contribution < 1.29 is 0 Å². The molecule has 0 amide bonds. The molecule has 0 fully saturated rings. The van der Waals surface area contributed by atoms with Gasteiger partial charge in [0.15, 0.2) is 0 Å². The normalized spacial score (nSPS) is 10.5. The number of anilines is 1. The molecule has 0 spiro atoms. The van der Waals surface area contributed by atoms with Gasteiger partial charge >= 0.3 is 0 Å². The van der Waals surface area contributed by atoms with Gasteiger partial charge in [-0.1, -0.05) is 6.07 Å².